The Morgan fingerprint density at radius 3 is 2.26 bits per heavy atom. The van der Waals surface area contributed by atoms with Gasteiger partial charge >= 0.3 is 5.97 Å². The Morgan fingerprint density at radius 2 is 1.74 bits per heavy atom. The summed E-state index contributed by atoms with van der Waals surface area (Å²) in [5, 5.41) is 8.82. The minimum absolute atomic E-state index is 0.318. The highest BCUT2D eigenvalue weighted by Crippen LogP contribution is 2.24. The van der Waals surface area contributed by atoms with Crippen LogP contribution in [0.3, 0.4) is 0 Å². The standard InChI is InChI=1S/C15H14O3S/c1-18-13-6-8-14(9-7-13)19-10-11-2-4-12(5-3-11)15(16)17/h2-9H,10H2,1H3,(H,16,17). The number of hydrogen-bond acceptors (Lipinski definition) is 3. The molecule has 0 spiro atoms. The van der Waals surface area contributed by atoms with Gasteiger partial charge in [-0.15, -0.1) is 11.8 Å². The topological polar surface area (TPSA) is 46.5 Å². The Bertz CT molecular complexity index is 547. The molecule has 0 aliphatic rings. The lowest BCUT2D eigenvalue weighted by Crippen LogP contribution is -1.95. The van der Waals surface area contributed by atoms with Crippen molar-refractivity contribution in [2.45, 2.75) is 10.6 Å². The van der Waals surface area contributed by atoms with E-state index in [0.29, 0.717) is 5.56 Å². The van der Waals surface area contributed by atoms with Crippen LogP contribution in [0.5, 0.6) is 5.75 Å². The second-order valence-electron chi connectivity index (χ2n) is 3.97. The van der Waals surface area contributed by atoms with Gasteiger partial charge < -0.3 is 9.84 Å². The Labute approximate surface area is 116 Å². The van der Waals surface area contributed by atoms with E-state index < -0.39 is 5.97 Å². The Morgan fingerprint density at radius 1 is 1.11 bits per heavy atom. The molecule has 0 aliphatic heterocycles. The van der Waals surface area contributed by atoms with Crippen molar-refractivity contribution in [3.05, 3.63) is 59.7 Å². The number of benzene rings is 2. The number of rotatable bonds is 5. The molecule has 0 fully saturated rings. The van der Waals surface area contributed by atoms with Crippen LogP contribution in [0.1, 0.15) is 15.9 Å². The number of hydrogen-bond donors (Lipinski definition) is 1. The van der Waals surface area contributed by atoms with E-state index in [1.807, 2.05) is 36.4 Å². The Hall–Kier alpha value is -1.94. The fourth-order valence-corrected chi connectivity index (χ4v) is 2.44. The first-order valence-corrected chi connectivity index (χ1v) is 6.76. The molecular weight excluding hydrogens is 260 g/mol. The van der Waals surface area contributed by atoms with Crippen LogP contribution in [0.2, 0.25) is 0 Å². The maximum atomic E-state index is 10.7. The fourth-order valence-electron chi connectivity index (χ4n) is 1.58. The molecule has 1 N–H and O–H groups in total. The first kappa shape index (κ1) is 13.5. The van der Waals surface area contributed by atoms with E-state index in [2.05, 4.69) is 0 Å². The molecule has 2 aromatic rings. The van der Waals surface area contributed by atoms with Gasteiger partial charge in [-0.25, -0.2) is 4.79 Å². The predicted octanol–water partition coefficient (Wildman–Crippen LogP) is 3.69. The number of carboxylic acid groups (broad SMARTS) is 1. The van der Waals surface area contributed by atoms with Crippen LogP contribution in [0, 0.1) is 0 Å². The summed E-state index contributed by atoms with van der Waals surface area (Å²) in [7, 11) is 1.64. The van der Waals surface area contributed by atoms with E-state index in [1.54, 1.807) is 31.0 Å². The van der Waals surface area contributed by atoms with E-state index >= 15 is 0 Å². The highest BCUT2D eigenvalue weighted by molar-refractivity contribution is 7.98. The van der Waals surface area contributed by atoms with Gasteiger partial charge in [-0.1, -0.05) is 12.1 Å². The highest BCUT2D eigenvalue weighted by atomic mass is 32.2. The first-order chi connectivity index (χ1) is 9.19. The smallest absolute Gasteiger partial charge is 0.335 e. The van der Waals surface area contributed by atoms with Crippen molar-refractivity contribution >= 4 is 17.7 Å². The lowest BCUT2D eigenvalue weighted by Gasteiger charge is -2.04. The third-order valence-electron chi connectivity index (χ3n) is 2.67. The molecule has 0 atom stereocenters. The van der Waals surface area contributed by atoms with Crippen molar-refractivity contribution in [1.29, 1.82) is 0 Å². The molecule has 0 saturated heterocycles. The molecule has 0 aliphatic carbocycles. The van der Waals surface area contributed by atoms with Gasteiger partial charge in [0.1, 0.15) is 5.75 Å². The van der Waals surface area contributed by atoms with E-state index in [4.69, 9.17) is 9.84 Å². The number of thioether (sulfide) groups is 1. The Balaban J connectivity index is 1.95. The molecule has 3 nitrogen and oxygen atoms in total. The molecule has 0 radical (unpaired) electrons. The number of methoxy groups -OCH3 is 1. The molecule has 0 heterocycles. The number of ether oxygens (including phenoxy) is 1. The molecule has 98 valence electrons. The molecule has 0 amide bonds. The normalized spacial score (nSPS) is 10.2. The first-order valence-electron chi connectivity index (χ1n) is 5.78. The van der Waals surface area contributed by atoms with Crippen LogP contribution < -0.4 is 4.74 Å². The molecule has 0 bridgehead atoms. The SMILES string of the molecule is COc1ccc(SCc2ccc(C(=O)O)cc2)cc1. The van der Waals surface area contributed by atoms with Gasteiger partial charge in [0, 0.05) is 10.6 Å². The molecular formula is C15H14O3S. The lowest BCUT2D eigenvalue weighted by molar-refractivity contribution is 0.0697. The summed E-state index contributed by atoms with van der Waals surface area (Å²) in [6.07, 6.45) is 0. The van der Waals surface area contributed by atoms with Crippen LogP contribution in [-0.4, -0.2) is 18.2 Å². The Kier molecular flexibility index (Phi) is 4.47. The van der Waals surface area contributed by atoms with Gasteiger partial charge in [-0.05, 0) is 42.0 Å². The number of carboxylic acids is 1. The summed E-state index contributed by atoms with van der Waals surface area (Å²) in [5.74, 6) is 0.760. The maximum Gasteiger partial charge on any atom is 0.335 e. The average molecular weight is 274 g/mol. The van der Waals surface area contributed by atoms with Crippen molar-refractivity contribution < 1.29 is 14.6 Å². The molecule has 0 aromatic heterocycles. The summed E-state index contributed by atoms with van der Waals surface area (Å²) in [6.45, 7) is 0. The zero-order valence-electron chi connectivity index (χ0n) is 10.5. The van der Waals surface area contributed by atoms with Gasteiger partial charge in [-0.3, -0.25) is 0 Å². The van der Waals surface area contributed by atoms with Crippen molar-refractivity contribution in [2.24, 2.45) is 0 Å². The van der Waals surface area contributed by atoms with Gasteiger partial charge in [0.25, 0.3) is 0 Å². The summed E-state index contributed by atoms with van der Waals surface area (Å²) < 4.78 is 5.10. The fraction of sp³-hybridized carbons (Fsp3) is 0.133. The summed E-state index contributed by atoms with van der Waals surface area (Å²) in [5.41, 5.74) is 1.42. The zero-order chi connectivity index (χ0) is 13.7. The minimum atomic E-state index is -0.894. The van der Waals surface area contributed by atoms with E-state index in [9.17, 15) is 4.79 Å². The molecule has 2 rings (SSSR count). The zero-order valence-corrected chi connectivity index (χ0v) is 11.3. The highest BCUT2D eigenvalue weighted by Gasteiger charge is 2.02. The summed E-state index contributed by atoms with van der Waals surface area (Å²) >= 11 is 1.70. The van der Waals surface area contributed by atoms with E-state index in [1.165, 1.54) is 0 Å². The summed E-state index contributed by atoms with van der Waals surface area (Å²) in [6, 6.07) is 14.8. The second-order valence-corrected chi connectivity index (χ2v) is 5.02. The number of aromatic carboxylic acids is 1. The molecule has 0 unspecified atom stereocenters. The van der Waals surface area contributed by atoms with E-state index in [0.717, 1.165) is 22.0 Å². The van der Waals surface area contributed by atoms with Crippen LogP contribution in [0.4, 0.5) is 0 Å². The molecule has 2 aromatic carbocycles. The van der Waals surface area contributed by atoms with Gasteiger partial charge in [-0.2, -0.15) is 0 Å². The van der Waals surface area contributed by atoms with Crippen molar-refractivity contribution in [1.82, 2.24) is 0 Å². The quantitative estimate of drug-likeness (QED) is 0.845. The third-order valence-corrected chi connectivity index (χ3v) is 3.75. The largest absolute Gasteiger partial charge is 0.497 e. The third kappa shape index (κ3) is 3.76. The van der Waals surface area contributed by atoms with Gasteiger partial charge in [0.15, 0.2) is 0 Å². The number of carbonyl (C=O) groups is 1. The second kappa shape index (κ2) is 6.29. The van der Waals surface area contributed by atoms with Crippen LogP contribution in [0.25, 0.3) is 0 Å². The van der Waals surface area contributed by atoms with Crippen molar-refractivity contribution in [3.8, 4) is 5.75 Å². The molecule has 0 saturated carbocycles. The van der Waals surface area contributed by atoms with Crippen LogP contribution in [-0.2, 0) is 5.75 Å². The van der Waals surface area contributed by atoms with Gasteiger partial charge in [0.2, 0.25) is 0 Å². The lowest BCUT2D eigenvalue weighted by atomic mass is 10.1. The van der Waals surface area contributed by atoms with E-state index in [-0.39, 0.29) is 0 Å². The summed E-state index contributed by atoms with van der Waals surface area (Å²) in [4.78, 5) is 11.9. The van der Waals surface area contributed by atoms with Gasteiger partial charge in [0.05, 0.1) is 12.7 Å². The predicted molar refractivity (Wildman–Crippen MR) is 76.0 cm³/mol. The molecule has 19 heavy (non-hydrogen) atoms. The monoisotopic (exact) mass is 274 g/mol. The maximum absolute atomic E-state index is 10.7. The van der Waals surface area contributed by atoms with Crippen LogP contribution in [0.15, 0.2) is 53.4 Å². The van der Waals surface area contributed by atoms with Crippen molar-refractivity contribution in [3.63, 3.8) is 0 Å². The average Bonchev–Trinajstić information content (AvgIpc) is 2.46. The minimum Gasteiger partial charge on any atom is -0.497 e. The molecule has 4 heteroatoms. The van der Waals surface area contributed by atoms with Crippen molar-refractivity contribution in [2.75, 3.05) is 7.11 Å². The van der Waals surface area contributed by atoms with Crippen LogP contribution >= 0.6 is 11.8 Å².